The number of aromatic nitrogens is 5. The summed E-state index contributed by atoms with van der Waals surface area (Å²) < 4.78 is 4.46. The van der Waals surface area contributed by atoms with Gasteiger partial charge in [0.05, 0.1) is 17.8 Å². The van der Waals surface area contributed by atoms with Crippen LogP contribution in [0.5, 0.6) is 0 Å². The molecule has 0 spiro atoms. The van der Waals surface area contributed by atoms with Gasteiger partial charge in [-0.3, -0.25) is 9.58 Å². The fourth-order valence-electron chi connectivity index (χ4n) is 4.53. The van der Waals surface area contributed by atoms with Crippen LogP contribution in [0.25, 0.3) is 10.9 Å². The Morgan fingerprint density at radius 1 is 1.11 bits per heavy atom. The van der Waals surface area contributed by atoms with Crippen LogP contribution in [-0.4, -0.2) is 49.1 Å². The molecule has 0 radical (unpaired) electrons. The van der Waals surface area contributed by atoms with Crippen LogP contribution in [0, 0.1) is 0 Å². The molecule has 2 aliphatic rings. The van der Waals surface area contributed by atoms with Crippen LogP contribution in [-0.2, 0) is 26.2 Å². The largest absolute Gasteiger partial charge is 0.312 e. The molecule has 7 nitrogen and oxygen atoms in total. The molecule has 0 amide bonds. The minimum Gasteiger partial charge on any atom is -0.312 e. The highest BCUT2D eigenvalue weighted by Crippen LogP contribution is 2.29. The molecule has 0 aliphatic carbocycles. The number of likely N-dealkylation sites (tertiary alicyclic amines) is 1. The first kappa shape index (κ1) is 19.4. The Labute approximate surface area is 171 Å². The fraction of sp³-hybridized carbons (Fsp3) is 0.550. The van der Waals surface area contributed by atoms with Gasteiger partial charge in [-0.2, -0.15) is 5.10 Å². The maximum absolute atomic E-state index is 4.87. The number of hydrogen-bond acceptors (Lipinski definition) is 5. The zero-order chi connectivity index (χ0) is 18.2. The van der Waals surface area contributed by atoms with E-state index in [-0.39, 0.29) is 12.4 Å². The van der Waals surface area contributed by atoms with Gasteiger partial charge < -0.3 is 9.88 Å². The number of hydrogen-bond donors (Lipinski definition) is 1. The number of fused-ring (bicyclic) bond motifs is 2. The molecule has 0 unspecified atom stereocenters. The summed E-state index contributed by atoms with van der Waals surface area (Å²) in [5.41, 5.74) is 2.45. The first-order valence-corrected chi connectivity index (χ1v) is 10.1. The van der Waals surface area contributed by atoms with Crippen molar-refractivity contribution in [3.05, 3.63) is 41.6 Å². The summed E-state index contributed by atoms with van der Waals surface area (Å²) in [5.74, 6) is 2.83. The van der Waals surface area contributed by atoms with Crippen LogP contribution in [0.4, 0.5) is 0 Å². The quantitative estimate of drug-likeness (QED) is 0.727. The molecular formula is C20H28ClN7. The number of benzene rings is 1. The minimum atomic E-state index is 0. The first-order chi connectivity index (χ1) is 13.3. The molecule has 4 heterocycles. The van der Waals surface area contributed by atoms with Crippen LogP contribution in [0.2, 0.25) is 0 Å². The number of piperidine rings is 1. The molecule has 0 saturated carbocycles. The lowest BCUT2D eigenvalue weighted by Crippen LogP contribution is -2.35. The third-order valence-electron chi connectivity index (χ3n) is 6.01. The predicted octanol–water partition coefficient (Wildman–Crippen LogP) is 2.55. The molecule has 150 valence electrons. The number of nitrogens with zero attached hydrogens (tertiary/aromatic N) is 6. The molecule has 8 heteroatoms. The van der Waals surface area contributed by atoms with E-state index in [1.807, 2.05) is 0 Å². The van der Waals surface area contributed by atoms with Gasteiger partial charge in [0.25, 0.3) is 0 Å². The van der Waals surface area contributed by atoms with E-state index in [1.54, 1.807) is 0 Å². The molecule has 0 atom stereocenters. The summed E-state index contributed by atoms with van der Waals surface area (Å²) in [5, 5.41) is 18.4. The van der Waals surface area contributed by atoms with E-state index in [0.717, 1.165) is 64.5 Å². The van der Waals surface area contributed by atoms with Gasteiger partial charge in [-0.1, -0.05) is 18.2 Å². The second-order valence-electron chi connectivity index (χ2n) is 7.63. The molecule has 1 N–H and O–H groups in total. The monoisotopic (exact) mass is 401 g/mol. The van der Waals surface area contributed by atoms with E-state index in [2.05, 4.69) is 60.9 Å². The lowest BCUT2D eigenvalue weighted by molar-refractivity contribution is 0.197. The van der Waals surface area contributed by atoms with Gasteiger partial charge in [0.1, 0.15) is 11.6 Å². The molecule has 1 aromatic carbocycles. The summed E-state index contributed by atoms with van der Waals surface area (Å²) in [6, 6.07) is 8.58. The van der Waals surface area contributed by atoms with Crippen molar-refractivity contribution in [2.75, 3.05) is 19.6 Å². The number of halogens is 1. The molecule has 2 aromatic heterocycles. The first-order valence-electron chi connectivity index (χ1n) is 10.1. The second kappa shape index (κ2) is 8.19. The summed E-state index contributed by atoms with van der Waals surface area (Å²) in [4.78, 5) is 2.54. The number of aryl methyl sites for hydroxylation is 1. The Kier molecular flexibility index (Phi) is 5.66. The third-order valence-corrected chi connectivity index (χ3v) is 6.01. The molecule has 0 bridgehead atoms. The standard InChI is InChI=1S/C20H27N7.ClH/c1-2-27-18-6-4-3-5-16(18)17(24-27)14-25-10-7-15(8-11-25)20-23-22-19-13-21-9-12-26(19)20;/h3-6,15,21H,2,7-14H2,1H3;1H. The van der Waals surface area contributed by atoms with E-state index in [1.165, 1.54) is 22.4 Å². The lowest BCUT2D eigenvalue weighted by Gasteiger charge is -2.31. The van der Waals surface area contributed by atoms with Gasteiger partial charge in [0.2, 0.25) is 0 Å². The topological polar surface area (TPSA) is 63.8 Å². The van der Waals surface area contributed by atoms with E-state index in [9.17, 15) is 0 Å². The van der Waals surface area contributed by atoms with Crippen LogP contribution < -0.4 is 5.32 Å². The Balaban J connectivity index is 0.00000192. The van der Waals surface area contributed by atoms with Crippen molar-refractivity contribution in [3.8, 4) is 0 Å². The second-order valence-corrected chi connectivity index (χ2v) is 7.63. The third kappa shape index (κ3) is 3.43. The summed E-state index contributed by atoms with van der Waals surface area (Å²) >= 11 is 0. The van der Waals surface area contributed by atoms with E-state index >= 15 is 0 Å². The van der Waals surface area contributed by atoms with Crippen LogP contribution in [0.1, 0.15) is 43.0 Å². The van der Waals surface area contributed by atoms with Gasteiger partial charge >= 0.3 is 0 Å². The highest BCUT2D eigenvalue weighted by molar-refractivity contribution is 5.85. The molecular weight excluding hydrogens is 374 g/mol. The SMILES string of the molecule is CCn1nc(CN2CCC(c3nnc4n3CCNC4)CC2)c2ccccc21.Cl. The normalized spacial score (nSPS) is 18.2. The highest BCUT2D eigenvalue weighted by atomic mass is 35.5. The van der Waals surface area contributed by atoms with Crippen molar-refractivity contribution in [2.45, 2.75) is 51.9 Å². The maximum Gasteiger partial charge on any atom is 0.147 e. The van der Waals surface area contributed by atoms with Crippen molar-refractivity contribution >= 4 is 23.3 Å². The Morgan fingerprint density at radius 2 is 1.93 bits per heavy atom. The number of nitrogens with one attached hydrogen (secondary N) is 1. The van der Waals surface area contributed by atoms with Crippen LogP contribution in [0.3, 0.4) is 0 Å². The van der Waals surface area contributed by atoms with Gasteiger partial charge in [-0.25, -0.2) is 0 Å². The molecule has 5 rings (SSSR count). The van der Waals surface area contributed by atoms with Crippen molar-refractivity contribution in [3.63, 3.8) is 0 Å². The van der Waals surface area contributed by atoms with Gasteiger partial charge in [-0.15, -0.1) is 22.6 Å². The van der Waals surface area contributed by atoms with E-state index < -0.39 is 0 Å². The lowest BCUT2D eigenvalue weighted by atomic mass is 9.95. The average molecular weight is 402 g/mol. The van der Waals surface area contributed by atoms with Crippen molar-refractivity contribution in [1.82, 2.24) is 34.8 Å². The Hall–Kier alpha value is -1.96. The predicted molar refractivity (Wildman–Crippen MR) is 112 cm³/mol. The maximum atomic E-state index is 4.87. The van der Waals surface area contributed by atoms with E-state index in [4.69, 9.17) is 5.10 Å². The minimum absolute atomic E-state index is 0. The molecule has 28 heavy (non-hydrogen) atoms. The smallest absolute Gasteiger partial charge is 0.147 e. The van der Waals surface area contributed by atoms with Gasteiger partial charge in [0.15, 0.2) is 0 Å². The summed E-state index contributed by atoms with van der Waals surface area (Å²) in [6.07, 6.45) is 2.30. The zero-order valence-electron chi connectivity index (χ0n) is 16.3. The summed E-state index contributed by atoms with van der Waals surface area (Å²) in [6.45, 7) is 9.05. The molecule has 3 aromatic rings. The number of para-hydroxylation sites is 1. The zero-order valence-corrected chi connectivity index (χ0v) is 17.2. The van der Waals surface area contributed by atoms with Crippen molar-refractivity contribution in [2.24, 2.45) is 0 Å². The van der Waals surface area contributed by atoms with Crippen molar-refractivity contribution < 1.29 is 0 Å². The molecule has 2 aliphatic heterocycles. The van der Waals surface area contributed by atoms with Gasteiger partial charge in [0, 0.05) is 37.5 Å². The average Bonchev–Trinajstić information content (AvgIpc) is 3.31. The Morgan fingerprint density at radius 3 is 2.75 bits per heavy atom. The molecule has 1 saturated heterocycles. The van der Waals surface area contributed by atoms with Crippen LogP contribution >= 0.6 is 12.4 Å². The fourth-order valence-corrected chi connectivity index (χ4v) is 4.53. The molecule has 1 fully saturated rings. The van der Waals surface area contributed by atoms with Crippen LogP contribution in [0.15, 0.2) is 24.3 Å². The highest BCUT2D eigenvalue weighted by Gasteiger charge is 2.27. The van der Waals surface area contributed by atoms with E-state index in [0.29, 0.717) is 5.92 Å². The Bertz CT molecular complexity index is 939. The number of rotatable bonds is 4. The summed E-state index contributed by atoms with van der Waals surface area (Å²) in [7, 11) is 0. The van der Waals surface area contributed by atoms with Crippen molar-refractivity contribution in [1.29, 1.82) is 0 Å². The van der Waals surface area contributed by atoms with Gasteiger partial charge in [-0.05, 0) is 38.9 Å².